The Morgan fingerprint density at radius 2 is 1.84 bits per heavy atom. The molecule has 2 aromatic rings. The highest BCUT2D eigenvalue weighted by atomic mass is 32.2. The number of hydrogen-bond donors (Lipinski definition) is 1. The van der Waals surface area contributed by atoms with Crippen molar-refractivity contribution in [1.82, 2.24) is 0 Å². The molecule has 0 saturated carbocycles. The van der Waals surface area contributed by atoms with Gasteiger partial charge in [-0.25, -0.2) is 8.42 Å². The lowest BCUT2D eigenvalue weighted by Gasteiger charge is -2.22. The normalized spacial score (nSPS) is 11.0. The number of amides is 1. The summed E-state index contributed by atoms with van der Waals surface area (Å²) in [5, 5.41) is 2.70. The quantitative estimate of drug-likeness (QED) is 0.822. The molecule has 0 atom stereocenters. The second-order valence-electron chi connectivity index (χ2n) is 5.61. The summed E-state index contributed by atoms with van der Waals surface area (Å²) >= 11 is 0. The van der Waals surface area contributed by atoms with E-state index in [1.165, 1.54) is 0 Å². The van der Waals surface area contributed by atoms with Gasteiger partial charge in [0.05, 0.1) is 18.6 Å². The Labute approximate surface area is 148 Å². The monoisotopic (exact) mass is 362 g/mol. The van der Waals surface area contributed by atoms with Crippen molar-refractivity contribution in [3.8, 4) is 5.75 Å². The average molecular weight is 362 g/mol. The summed E-state index contributed by atoms with van der Waals surface area (Å²) < 4.78 is 30.6. The van der Waals surface area contributed by atoms with E-state index in [0.717, 1.165) is 16.1 Å². The molecule has 0 aliphatic rings. The highest BCUT2D eigenvalue weighted by Gasteiger charge is 2.21. The molecule has 25 heavy (non-hydrogen) atoms. The molecule has 0 aliphatic heterocycles. The standard InChI is InChI=1S/C18H22N2O4S/c1-4-24-17-10-8-15(9-11-17)19-18(21)13-20(25(3,22)23)16-7-5-6-14(2)12-16/h5-12H,4,13H2,1-3H3,(H,19,21). The molecule has 2 rings (SSSR count). The first kappa shape index (κ1) is 18.8. The van der Waals surface area contributed by atoms with Gasteiger partial charge in [-0.1, -0.05) is 12.1 Å². The second-order valence-corrected chi connectivity index (χ2v) is 7.52. The first-order valence-corrected chi connectivity index (χ1v) is 9.71. The third-order valence-corrected chi connectivity index (χ3v) is 4.57. The summed E-state index contributed by atoms with van der Waals surface area (Å²) in [7, 11) is -3.58. The molecule has 1 amide bonds. The van der Waals surface area contributed by atoms with Crippen LogP contribution in [0.4, 0.5) is 11.4 Å². The van der Waals surface area contributed by atoms with Crippen molar-refractivity contribution in [2.24, 2.45) is 0 Å². The number of nitrogens with zero attached hydrogens (tertiary/aromatic N) is 1. The van der Waals surface area contributed by atoms with Crippen LogP contribution in [0.15, 0.2) is 48.5 Å². The molecule has 7 heteroatoms. The van der Waals surface area contributed by atoms with Gasteiger partial charge < -0.3 is 10.1 Å². The van der Waals surface area contributed by atoms with Crippen LogP contribution < -0.4 is 14.4 Å². The second kappa shape index (κ2) is 8.02. The Morgan fingerprint density at radius 3 is 2.40 bits per heavy atom. The molecule has 0 unspecified atom stereocenters. The van der Waals surface area contributed by atoms with Gasteiger partial charge in [0.1, 0.15) is 12.3 Å². The minimum absolute atomic E-state index is 0.296. The van der Waals surface area contributed by atoms with E-state index >= 15 is 0 Å². The van der Waals surface area contributed by atoms with E-state index in [1.54, 1.807) is 42.5 Å². The Balaban J connectivity index is 2.12. The molecular weight excluding hydrogens is 340 g/mol. The van der Waals surface area contributed by atoms with Gasteiger partial charge in [0.2, 0.25) is 15.9 Å². The Bertz CT molecular complexity index is 832. The van der Waals surface area contributed by atoms with Gasteiger partial charge in [0, 0.05) is 5.69 Å². The number of nitrogens with one attached hydrogen (secondary N) is 1. The fourth-order valence-corrected chi connectivity index (χ4v) is 3.16. The van der Waals surface area contributed by atoms with Crippen LogP contribution in [0, 0.1) is 6.92 Å². The number of ether oxygens (including phenoxy) is 1. The van der Waals surface area contributed by atoms with Crippen molar-refractivity contribution in [3.63, 3.8) is 0 Å². The number of rotatable bonds is 7. The van der Waals surface area contributed by atoms with Crippen LogP contribution >= 0.6 is 0 Å². The molecule has 134 valence electrons. The minimum Gasteiger partial charge on any atom is -0.494 e. The molecule has 6 nitrogen and oxygen atoms in total. The molecule has 0 heterocycles. The number of carbonyl (C=O) groups is 1. The van der Waals surface area contributed by atoms with E-state index in [9.17, 15) is 13.2 Å². The molecule has 0 aliphatic carbocycles. The summed E-state index contributed by atoms with van der Waals surface area (Å²) in [4.78, 5) is 12.3. The van der Waals surface area contributed by atoms with Crippen molar-refractivity contribution in [3.05, 3.63) is 54.1 Å². The first-order valence-electron chi connectivity index (χ1n) is 7.86. The predicted octanol–water partition coefficient (Wildman–Crippen LogP) is 2.80. The van der Waals surface area contributed by atoms with Gasteiger partial charge in [0.15, 0.2) is 0 Å². The van der Waals surface area contributed by atoms with Crippen molar-refractivity contribution < 1.29 is 17.9 Å². The van der Waals surface area contributed by atoms with Crippen molar-refractivity contribution in [2.75, 3.05) is 29.0 Å². The zero-order valence-corrected chi connectivity index (χ0v) is 15.3. The zero-order valence-electron chi connectivity index (χ0n) is 14.5. The van der Waals surface area contributed by atoms with E-state index in [1.807, 2.05) is 19.9 Å². The van der Waals surface area contributed by atoms with E-state index in [4.69, 9.17) is 4.74 Å². The molecule has 0 fully saturated rings. The number of anilines is 2. The van der Waals surface area contributed by atoms with Gasteiger partial charge in [-0.05, 0) is 55.8 Å². The topological polar surface area (TPSA) is 75.7 Å². The third kappa shape index (κ3) is 5.49. The Hall–Kier alpha value is -2.54. The minimum atomic E-state index is -3.58. The molecule has 0 bridgehead atoms. The smallest absolute Gasteiger partial charge is 0.245 e. The Kier molecular flexibility index (Phi) is 6.03. The molecule has 0 spiro atoms. The number of carbonyl (C=O) groups excluding carboxylic acids is 1. The molecule has 0 aromatic heterocycles. The van der Waals surface area contributed by atoms with Crippen LogP contribution in [-0.2, 0) is 14.8 Å². The van der Waals surface area contributed by atoms with Crippen LogP contribution in [0.3, 0.4) is 0 Å². The summed E-state index contributed by atoms with van der Waals surface area (Å²) in [6.45, 7) is 4.02. The maximum absolute atomic E-state index is 12.3. The fourth-order valence-electron chi connectivity index (χ4n) is 2.32. The van der Waals surface area contributed by atoms with Gasteiger partial charge in [-0.15, -0.1) is 0 Å². The number of sulfonamides is 1. The summed E-state index contributed by atoms with van der Waals surface area (Å²) in [6, 6.07) is 13.9. The van der Waals surface area contributed by atoms with Crippen LogP contribution in [-0.4, -0.2) is 33.7 Å². The number of hydrogen-bond acceptors (Lipinski definition) is 4. The van der Waals surface area contributed by atoms with Gasteiger partial charge in [-0.2, -0.15) is 0 Å². The van der Waals surface area contributed by atoms with Crippen LogP contribution in [0.25, 0.3) is 0 Å². The highest BCUT2D eigenvalue weighted by Crippen LogP contribution is 2.20. The number of aryl methyl sites for hydroxylation is 1. The molecular formula is C18H22N2O4S. The molecule has 1 N–H and O–H groups in total. The average Bonchev–Trinajstić information content (AvgIpc) is 2.54. The van der Waals surface area contributed by atoms with Crippen LogP contribution in [0.2, 0.25) is 0 Å². The zero-order chi connectivity index (χ0) is 18.4. The Morgan fingerprint density at radius 1 is 1.16 bits per heavy atom. The van der Waals surface area contributed by atoms with Gasteiger partial charge >= 0.3 is 0 Å². The summed E-state index contributed by atoms with van der Waals surface area (Å²) in [5.41, 5.74) is 1.95. The molecule has 0 radical (unpaired) electrons. The largest absolute Gasteiger partial charge is 0.494 e. The fraction of sp³-hybridized carbons (Fsp3) is 0.278. The summed E-state index contributed by atoms with van der Waals surface area (Å²) in [5.74, 6) is 0.286. The lowest BCUT2D eigenvalue weighted by Crippen LogP contribution is -2.37. The predicted molar refractivity (Wildman–Crippen MR) is 99.6 cm³/mol. The third-order valence-electron chi connectivity index (χ3n) is 3.43. The lowest BCUT2D eigenvalue weighted by molar-refractivity contribution is -0.114. The van der Waals surface area contributed by atoms with E-state index < -0.39 is 15.9 Å². The summed E-state index contributed by atoms with van der Waals surface area (Å²) in [6.07, 6.45) is 1.08. The maximum atomic E-state index is 12.3. The molecule has 0 saturated heterocycles. The van der Waals surface area contributed by atoms with E-state index in [-0.39, 0.29) is 6.54 Å². The van der Waals surface area contributed by atoms with Crippen LogP contribution in [0.1, 0.15) is 12.5 Å². The lowest BCUT2D eigenvalue weighted by atomic mass is 10.2. The first-order chi connectivity index (χ1) is 11.8. The number of benzene rings is 2. The van der Waals surface area contributed by atoms with E-state index in [2.05, 4.69) is 5.32 Å². The van der Waals surface area contributed by atoms with Gasteiger partial charge in [-0.3, -0.25) is 9.10 Å². The maximum Gasteiger partial charge on any atom is 0.245 e. The van der Waals surface area contributed by atoms with Crippen molar-refractivity contribution >= 4 is 27.3 Å². The van der Waals surface area contributed by atoms with Crippen molar-refractivity contribution in [1.29, 1.82) is 0 Å². The SMILES string of the molecule is CCOc1ccc(NC(=O)CN(c2cccc(C)c2)S(C)(=O)=O)cc1. The van der Waals surface area contributed by atoms with Crippen molar-refractivity contribution in [2.45, 2.75) is 13.8 Å². The van der Waals surface area contributed by atoms with E-state index in [0.29, 0.717) is 23.7 Å². The molecule has 2 aromatic carbocycles. The highest BCUT2D eigenvalue weighted by molar-refractivity contribution is 7.92. The van der Waals surface area contributed by atoms with Crippen LogP contribution in [0.5, 0.6) is 5.75 Å². The van der Waals surface area contributed by atoms with Gasteiger partial charge in [0.25, 0.3) is 0 Å².